The van der Waals surface area contributed by atoms with Gasteiger partial charge in [0.2, 0.25) is 0 Å². The number of aromatic nitrogens is 3. The van der Waals surface area contributed by atoms with Crippen molar-refractivity contribution in [3.8, 4) is 0 Å². The average Bonchev–Trinajstić information content (AvgIpc) is 2.83. The van der Waals surface area contributed by atoms with Crippen LogP contribution in [0.2, 0.25) is 0 Å². The van der Waals surface area contributed by atoms with E-state index >= 15 is 0 Å². The molecule has 0 aliphatic rings. The van der Waals surface area contributed by atoms with Gasteiger partial charge in [-0.25, -0.2) is 14.8 Å². The molecule has 0 saturated heterocycles. The lowest BCUT2D eigenvalue weighted by atomic mass is 10.2. The van der Waals surface area contributed by atoms with E-state index in [-0.39, 0.29) is 6.09 Å². The number of rotatable bonds is 6. The molecular weight excluding hydrogens is 362 g/mol. The SMILES string of the molecule is CC(C)(C)OC(=O)NCCCNCc1cnc2cnc(Br)cn12. The van der Waals surface area contributed by atoms with E-state index in [1.807, 2.05) is 37.6 Å². The normalized spacial score (nSPS) is 11.7. The molecule has 8 heteroatoms. The van der Waals surface area contributed by atoms with E-state index in [1.54, 1.807) is 6.20 Å². The first-order valence-corrected chi connectivity index (χ1v) is 8.29. The molecule has 0 saturated carbocycles. The molecule has 0 atom stereocenters. The number of imidazole rings is 1. The molecule has 0 aromatic carbocycles. The largest absolute Gasteiger partial charge is 0.444 e. The van der Waals surface area contributed by atoms with Gasteiger partial charge in [0.1, 0.15) is 10.2 Å². The third-order valence-corrected chi connectivity index (χ3v) is 3.36. The van der Waals surface area contributed by atoms with Gasteiger partial charge < -0.3 is 15.4 Å². The van der Waals surface area contributed by atoms with Crippen LogP contribution < -0.4 is 10.6 Å². The molecule has 0 aliphatic heterocycles. The van der Waals surface area contributed by atoms with Gasteiger partial charge in [-0.3, -0.25) is 4.40 Å². The fraction of sp³-hybridized carbons (Fsp3) is 0.533. The molecule has 0 spiro atoms. The zero-order valence-electron chi connectivity index (χ0n) is 13.6. The van der Waals surface area contributed by atoms with Gasteiger partial charge in [-0.15, -0.1) is 0 Å². The molecule has 2 rings (SSSR count). The Balaban J connectivity index is 1.67. The number of carbonyl (C=O) groups excluding carboxylic acids is 1. The number of hydrogen-bond donors (Lipinski definition) is 2. The van der Waals surface area contributed by atoms with Gasteiger partial charge in [0.25, 0.3) is 0 Å². The summed E-state index contributed by atoms with van der Waals surface area (Å²) in [6, 6.07) is 0. The summed E-state index contributed by atoms with van der Waals surface area (Å²) in [6.45, 7) is 7.59. The number of nitrogens with one attached hydrogen (secondary N) is 2. The second kappa shape index (κ2) is 7.74. The fourth-order valence-electron chi connectivity index (χ4n) is 1.98. The number of amides is 1. The average molecular weight is 384 g/mol. The second-order valence-electron chi connectivity index (χ2n) is 6.15. The summed E-state index contributed by atoms with van der Waals surface area (Å²) >= 11 is 3.36. The minimum atomic E-state index is -0.464. The lowest BCUT2D eigenvalue weighted by Gasteiger charge is -2.19. The standard InChI is InChI=1S/C15H22BrN5O2/c1-15(2,3)23-14(22)18-6-4-5-17-7-11-8-20-13-9-19-12(16)10-21(11)13/h8-10,17H,4-7H2,1-3H3,(H,18,22). The molecular formula is C15H22BrN5O2. The predicted molar refractivity (Wildman–Crippen MR) is 91.2 cm³/mol. The van der Waals surface area contributed by atoms with Crippen molar-refractivity contribution in [1.29, 1.82) is 0 Å². The smallest absolute Gasteiger partial charge is 0.407 e. The summed E-state index contributed by atoms with van der Waals surface area (Å²) in [5.74, 6) is 0. The molecule has 0 bridgehead atoms. The number of fused-ring (bicyclic) bond motifs is 1. The first kappa shape index (κ1) is 17.7. The van der Waals surface area contributed by atoms with E-state index in [1.165, 1.54) is 0 Å². The minimum Gasteiger partial charge on any atom is -0.444 e. The minimum absolute atomic E-state index is 0.378. The van der Waals surface area contributed by atoms with Gasteiger partial charge in [0.05, 0.1) is 18.1 Å². The molecule has 1 amide bonds. The van der Waals surface area contributed by atoms with E-state index in [2.05, 4.69) is 36.5 Å². The number of carbonyl (C=O) groups is 1. The highest BCUT2D eigenvalue weighted by Gasteiger charge is 2.15. The third-order valence-electron chi connectivity index (χ3n) is 2.95. The van der Waals surface area contributed by atoms with Gasteiger partial charge in [-0.1, -0.05) is 0 Å². The summed E-state index contributed by atoms with van der Waals surface area (Å²) in [5.41, 5.74) is 1.41. The van der Waals surface area contributed by atoms with Crippen molar-refractivity contribution in [2.75, 3.05) is 13.1 Å². The topological polar surface area (TPSA) is 80.5 Å². The maximum atomic E-state index is 11.5. The van der Waals surface area contributed by atoms with Gasteiger partial charge in [0.15, 0.2) is 5.65 Å². The van der Waals surface area contributed by atoms with Crippen LogP contribution in [0.1, 0.15) is 32.9 Å². The van der Waals surface area contributed by atoms with Crippen LogP contribution >= 0.6 is 15.9 Å². The highest BCUT2D eigenvalue weighted by atomic mass is 79.9. The maximum Gasteiger partial charge on any atom is 0.407 e. The van der Waals surface area contributed by atoms with Crippen LogP contribution in [-0.2, 0) is 11.3 Å². The molecule has 23 heavy (non-hydrogen) atoms. The summed E-state index contributed by atoms with van der Waals surface area (Å²) in [6.07, 6.45) is 5.88. The Kier molecular flexibility index (Phi) is 5.95. The molecule has 2 heterocycles. The van der Waals surface area contributed by atoms with Crippen molar-refractivity contribution in [1.82, 2.24) is 25.0 Å². The summed E-state index contributed by atoms with van der Waals surface area (Å²) < 4.78 is 7.93. The summed E-state index contributed by atoms with van der Waals surface area (Å²) in [4.78, 5) is 19.9. The van der Waals surface area contributed by atoms with E-state index in [4.69, 9.17) is 4.74 Å². The second-order valence-corrected chi connectivity index (χ2v) is 6.96. The molecule has 126 valence electrons. The molecule has 0 radical (unpaired) electrons. The molecule has 2 N–H and O–H groups in total. The van der Waals surface area contributed by atoms with Crippen LogP contribution in [0.15, 0.2) is 23.2 Å². The summed E-state index contributed by atoms with van der Waals surface area (Å²) in [7, 11) is 0. The molecule has 0 unspecified atom stereocenters. The van der Waals surface area contributed by atoms with Crippen LogP contribution in [0.25, 0.3) is 5.65 Å². The first-order valence-electron chi connectivity index (χ1n) is 7.50. The van der Waals surface area contributed by atoms with Crippen LogP contribution in [0.4, 0.5) is 4.79 Å². The third kappa shape index (κ3) is 5.80. The van der Waals surface area contributed by atoms with Crippen molar-refractivity contribution in [3.05, 3.63) is 28.9 Å². The Hall–Kier alpha value is -1.67. The van der Waals surface area contributed by atoms with Crippen molar-refractivity contribution in [2.45, 2.75) is 39.3 Å². The van der Waals surface area contributed by atoms with Crippen molar-refractivity contribution < 1.29 is 9.53 Å². The highest BCUT2D eigenvalue weighted by Crippen LogP contribution is 2.10. The van der Waals surface area contributed by atoms with E-state index in [0.29, 0.717) is 13.1 Å². The van der Waals surface area contributed by atoms with Crippen LogP contribution in [0.3, 0.4) is 0 Å². The summed E-state index contributed by atoms with van der Waals surface area (Å²) in [5, 5.41) is 6.07. The van der Waals surface area contributed by atoms with Crippen LogP contribution in [0.5, 0.6) is 0 Å². The quantitative estimate of drug-likeness (QED) is 0.748. The van der Waals surface area contributed by atoms with Crippen molar-refractivity contribution >= 4 is 27.7 Å². The number of ether oxygens (including phenoxy) is 1. The van der Waals surface area contributed by atoms with Gasteiger partial charge >= 0.3 is 6.09 Å². The number of halogens is 1. The highest BCUT2D eigenvalue weighted by molar-refractivity contribution is 9.10. The Morgan fingerprint density at radius 1 is 1.30 bits per heavy atom. The maximum absolute atomic E-state index is 11.5. The Labute approximate surface area is 144 Å². The number of nitrogens with zero attached hydrogens (tertiary/aromatic N) is 3. The predicted octanol–water partition coefficient (Wildman–Crippen LogP) is 2.50. The van der Waals surface area contributed by atoms with Crippen molar-refractivity contribution in [2.24, 2.45) is 0 Å². The molecule has 2 aromatic rings. The van der Waals surface area contributed by atoms with Gasteiger partial charge in [0, 0.05) is 19.3 Å². The Morgan fingerprint density at radius 3 is 2.83 bits per heavy atom. The van der Waals surface area contributed by atoms with Crippen LogP contribution in [0, 0.1) is 0 Å². The zero-order chi connectivity index (χ0) is 16.9. The zero-order valence-corrected chi connectivity index (χ0v) is 15.2. The van der Waals surface area contributed by atoms with E-state index in [0.717, 1.165) is 28.9 Å². The van der Waals surface area contributed by atoms with Crippen LogP contribution in [-0.4, -0.2) is 39.2 Å². The molecule has 7 nitrogen and oxygen atoms in total. The van der Waals surface area contributed by atoms with Crippen molar-refractivity contribution in [3.63, 3.8) is 0 Å². The fourth-order valence-corrected chi connectivity index (χ4v) is 2.29. The Morgan fingerprint density at radius 2 is 2.09 bits per heavy atom. The van der Waals surface area contributed by atoms with E-state index < -0.39 is 5.60 Å². The molecule has 2 aromatic heterocycles. The lowest BCUT2D eigenvalue weighted by Crippen LogP contribution is -2.33. The Bertz CT molecular complexity index is 665. The van der Waals surface area contributed by atoms with Gasteiger partial charge in [-0.2, -0.15) is 0 Å². The number of hydrogen-bond acceptors (Lipinski definition) is 5. The lowest BCUT2D eigenvalue weighted by molar-refractivity contribution is 0.0527. The number of alkyl carbamates (subject to hydrolysis) is 1. The monoisotopic (exact) mass is 383 g/mol. The van der Waals surface area contributed by atoms with Gasteiger partial charge in [-0.05, 0) is 49.7 Å². The molecule has 0 aliphatic carbocycles. The molecule has 0 fully saturated rings. The first-order chi connectivity index (χ1) is 10.8. The van der Waals surface area contributed by atoms with E-state index in [9.17, 15) is 4.79 Å².